The number of hydrogen-bond acceptors (Lipinski definition) is 4. The number of allylic oxidation sites excluding steroid dienone is 4. The number of rotatable bonds is 14. The maximum absolute atomic E-state index is 13.7. The predicted octanol–water partition coefficient (Wildman–Crippen LogP) is 7.58. The van der Waals surface area contributed by atoms with Crippen molar-refractivity contribution in [2.24, 2.45) is 0 Å². The van der Waals surface area contributed by atoms with E-state index < -0.39 is 0 Å². The van der Waals surface area contributed by atoms with Crippen molar-refractivity contribution in [3.05, 3.63) is 63.5 Å². The number of pyridine rings is 1. The first-order valence-electron chi connectivity index (χ1n) is 12.9. The molecular weight excluding hydrogens is 436 g/mol. The molecule has 0 aliphatic carbocycles. The molecule has 0 radical (unpaired) electrons. The molecule has 1 aromatic carbocycles. The molecule has 2 aromatic rings. The number of aromatic nitrogens is 1. The van der Waals surface area contributed by atoms with Gasteiger partial charge in [-0.15, -0.1) is 0 Å². The number of hydrogen-bond donors (Lipinski definition) is 1. The van der Waals surface area contributed by atoms with Crippen LogP contribution in [0.4, 0.5) is 5.69 Å². The molecule has 0 saturated heterocycles. The largest absolute Gasteiger partial charge is 0.485 e. The van der Waals surface area contributed by atoms with Gasteiger partial charge < -0.3 is 19.8 Å². The molecule has 1 aromatic heterocycles. The summed E-state index contributed by atoms with van der Waals surface area (Å²) in [6.45, 7) is 13.9. The Labute approximate surface area is 211 Å². The average molecular weight is 481 g/mol. The van der Waals surface area contributed by atoms with Crippen LogP contribution in [-0.4, -0.2) is 17.8 Å². The number of nitrogens with zero attached hydrogens (tertiary/aromatic N) is 1. The number of fused-ring (bicyclic) bond motifs is 1. The number of benzene rings is 1. The van der Waals surface area contributed by atoms with Crippen molar-refractivity contribution in [2.75, 3.05) is 18.9 Å². The molecule has 5 nitrogen and oxygen atoms in total. The molecule has 0 aliphatic rings. The Balaban J connectivity index is 2.45. The molecular formula is C30H44N2O3. The van der Waals surface area contributed by atoms with Gasteiger partial charge in [0.1, 0.15) is 13.2 Å². The zero-order chi connectivity index (χ0) is 25.8. The van der Waals surface area contributed by atoms with E-state index in [2.05, 4.69) is 39.8 Å². The van der Waals surface area contributed by atoms with Crippen molar-refractivity contribution in [3.8, 4) is 11.5 Å². The van der Waals surface area contributed by atoms with Crippen LogP contribution < -0.4 is 20.8 Å². The second-order valence-electron chi connectivity index (χ2n) is 9.73. The van der Waals surface area contributed by atoms with Crippen molar-refractivity contribution in [1.29, 1.82) is 0 Å². The summed E-state index contributed by atoms with van der Waals surface area (Å²) in [5, 5.41) is 0.843. The molecule has 0 atom stereocenters. The molecule has 0 bridgehead atoms. The molecule has 0 fully saturated rings. The molecule has 5 heteroatoms. The zero-order valence-electron chi connectivity index (χ0n) is 22.6. The van der Waals surface area contributed by atoms with Gasteiger partial charge in [0, 0.05) is 17.6 Å². The number of aryl methyl sites for hydroxylation is 1. The first-order chi connectivity index (χ1) is 16.7. The summed E-state index contributed by atoms with van der Waals surface area (Å²) in [5.41, 5.74) is 11.1. The molecule has 192 valence electrons. The van der Waals surface area contributed by atoms with Crippen molar-refractivity contribution < 1.29 is 9.47 Å². The number of nitrogens with two attached hydrogens (primary N) is 1. The van der Waals surface area contributed by atoms with Crippen molar-refractivity contribution in [2.45, 2.75) is 86.6 Å². The first kappa shape index (κ1) is 28.3. The summed E-state index contributed by atoms with van der Waals surface area (Å²) in [7, 11) is 0. The maximum Gasteiger partial charge on any atom is 0.297 e. The Bertz CT molecular complexity index is 1110. The van der Waals surface area contributed by atoms with Crippen molar-refractivity contribution in [1.82, 2.24) is 4.57 Å². The quantitative estimate of drug-likeness (QED) is 0.172. The Kier molecular flexibility index (Phi) is 11.7. The minimum atomic E-state index is -0.164. The first-order valence-corrected chi connectivity index (χ1v) is 12.9. The highest BCUT2D eigenvalue weighted by Crippen LogP contribution is 2.34. The highest BCUT2D eigenvalue weighted by Gasteiger charge is 2.19. The molecule has 0 unspecified atom stereocenters. The van der Waals surface area contributed by atoms with E-state index in [0.29, 0.717) is 31.2 Å². The summed E-state index contributed by atoms with van der Waals surface area (Å²) in [6.07, 6.45) is 12.6. The van der Waals surface area contributed by atoms with E-state index >= 15 is 0 Å². The minimum Gasteiger partial charge on any atom is -0.485 e. The van der Waals surface area contributed by atoms with Crippen LogP contribution in [0.1, 0.15) is 80.1 Å². The molecule has 0 spiro atoms. The molecule has 0 aliphatic heterocycles. The van der Waals surface area contributed by atoms with E-state index in [1.807, 2.05) is 38.1 Å². The van der Waals surface area contributed by atoms with E-state index in [1.165, 1.54) is 11.1 Å². The number of ether oxygens (including phenoxy) is 2. The lowest BCUT2D eigenvalue weighted by Gasteiger charge is -2.18. The van der Waals surface area contributed by atoms with Gasteiger partial charge in [-0.2, -0.15) is 0 Å². The molecule has 0 saturated carbocycles. The zero-order valence-corrected chi connectivity index (χ0v) is 22.6. The lowest BCUT2D eigenvalue weighted by molar-refractivity contribution is 0.303. The van der Waals surface area contributed by atoms with Crippen molar-refractivity contribution in [3.63, 3.8) is 0 Å². The molecule has 0 amide bonds. The van der Waals surface area contributed by atoms with Crippen LogP contribution in [-0.2, 0) is 6.54 Å². The fourth-order valence-electron chi connectivity index (χ4n) is 3.85. The highest BCUT2D eigenvalue weighted by molar-refractivity contribution is 5.90. The summed E-state index contributed by atoms with van der Waals surface area (Å²) in [5.74, 6) is 0.760. The van der Waals surface area contributed by atoms with Gasteiger partial charge in [0.05, 0.1) is 5.52 Å². The molecule has 2 rings (SSSR count). The second kappa shape index (κ2) is 14.4. The van der Waals surface area contributed by atoms with E-state index in [4.69, 9.17) is 15.2 Å². The second-order valence-corrected chi connectivity index (χ2v) is 9.73. The SMILES string of the molecule is CCCCCCn1c(=O)c(OCC=C(C)CCC=C(C)C)c(OCC=C(C)C)c2ccc(N)cc21. The van der Waals surface area contributed by atoms with E-state index in [9.17, 15) is 4.79 Å². The standard InChI is InChI=1S/C30H44N2O3/c1-7-8-9-10-18-32-27-21-25(31)14-15-26(27)28(34-19-16-23(4)5)29(30(32)33)35-20-17-24(6)13-11-12-22(2)3/h12,14-17,21H,7-11,13,18-20,31H2,1-6H3. The van der Waals surface area contributed by atoms with Crippen LogP contribution in [0, 0.1) is 0 Å². The minimum absolute atomic E-state index is 0.164. The Morgan fingerprint density at radius 2 is 1.60 bits per heavy atom. The van der Waals surface area contributed by atoms with Gasteiger partial charge in [0.25, 0.3) is 5.56 Å². The average Bonchev–Trinajstić information content (AvgIpc) is 2.79. The van der Waals surface area contributed by atoms with Crippen LogP contribution in [0.15, 0.2) is 57.9 Å². The lowest BCUT2D eigenvalue weighted by atomic mass is 10.1. The number of nitrogen functional groups attached to an aromatic ring is 1. The molecule has 35 heavy (non-hydrogen) atoms. The third kappa shape index (κ3) is 8.97. The smallest absolute Gasteiger partial charge is 0.297 e. The van der Waals surface area contributed by atoms with Crippen LogP contribution in [0.5, 0.6) is 11.5 Å². The normalized spacial score (nSPS) is 11.4. The summed E-state index contributed by atoms with van der Waals surface area (Å²) in [4.78, 5) is 13.7. The predicted molar refractivity (Wildman–Crippen MR) is 150 cm³/mol. The lowest BCUT2D eigenvalue weighted by Crippen LogP contribution is -2.24. The fourth-order valence-corrected chi connectivity index (χ4v) is 3.85. The van der Waals surface area contributed by atoms with E-state index in [1.54, 1.807) is 4.57 Å². The molecule has 2 N–H and O–H groups in total. The highest BCUT2D eigenvalue weighted by atomic mass is 16.5. The van der Waals surface area contributed by atoms with Gasteiger partial charge in [0.2, 0.25) is 5.75 Å². The van der Waals surface area contributed by atoms with Crippen LogP contribution in [0.25, 0.3) is 10.9 Å². The van der Waals surface area contributed by atoms with Crippen molar-refractivity contribution >= 4 is 16.6 Å². The Hall–Kier alpha value is -2.95. The summed E-state index contributed by atoms with van der Waals surface area (Å²) < 4.78 is 14.1. The Morgan fingerprint density at radius 3 is 2.29 bits per heavy atom. The van der Waals surface area contributed by atoms with Gasteiger partial charge in [-0.3, -0.25) is 4.79 Å². The van der Waals surface area contributed by atoms with Gasteiger partial charge in [-0.25, -0.2) is 0 Å². The van der Waals surface area contributed by atoms with E-state index in [-0.39, 0.29) is 11.3 Å². The number of anilines is 1. The summed E-state index contributed by atoms with van der Waals surface area (Å²) in [6, 6.07) is 5.64. The maximum atomic E-state index is 13.7. The fraction of sp³-hybridized carbons (Fsp3) is 0.500. The molecule has 1 heterocycles. The monoisotopic (exact) mass is 480 g/mol. The van der Waals surface area contributed by atoms with Gasteiger partial charge in [-0.1, -0.05) is 49.0 Å². The van der Waals surface area contributed by atoms with Crippen LogP contribution >= 0.6 is 0 Å². The van der Waals surface area contributed by atoms with Crippen LogP contribution in [0.3, 0.4) is 0 Å². The van der Waals surface area contributed by atoms with E-state index in [0.717, 1.165) is 55.0 Å². The summed E-state index contributed by atoms with van der Waals surface area (Å²) >= 11 is 0. The third-order valence-corrected chi connectivity index (χ3v) is 5.91. The van der Waals surface area contributed by atoms with Gasteiger partial charge >= 0.3 is 0 Å². The topological polar surface area (TPSA) is 66.5 Å². The van der Waals surface area contributed by atoms with Gasteiger partial charge in [-0.05, 0) is 84.2 Å². The van der Waals surface area contributed by atoms with Gasteiger partial charge in [0.15, 0.2) is 5.75 Å². The Morgan fingerprint density at radius 1 is 0.914 bits per heavy atom. The third-order valence-electron chi connectivity index (χ3n) is 5.91. The number of unbranched alkanes of at least 4 members (excludes halogenated alkanes) is 3. The van der Waals surface area contributed by atoms with Crippen LogP contribution in [0.2, 0.25) is 0 Å².